The van der Waals surface area contributed by atoms with Gasteiger partial charge in [0.05, 0.1) is 24.2 Å². The number of nitrogens with zero attached hydrogens (tertiary/aromatic N) is 2. The lowest BCUT2D eigenvalue weighted by Gasteiger charge is -2.29. The lowest BCUT2D eigenvalue weighted by Crippen LogP contribution is -2.42. The molecule has 3 aromatic rings. The number of ether oxygens (including phenoxy) is 1. The van der Waals surface area contributed by atoms with Gasteiger partial charge in [0.1, 0.15) is 0 Å². The van der Waals surface area contributed by atoms with Crippen LogP contribution in [0.4, 0.5) is 5.69 Å². The Bertz CT molecular complexity index is 874. The summed E-state index contributed by atoms with van der Waals surface area (Å²) < 4.78 is 5.36. The van der Waals surface area contributed by atoms with Gasteiger partial charge in [0.25, 0.3) is 0 Å². The maximum Gasteiger partial charge on any atom is 0.173 e. The van der Waals surface area contributed by atoms with Gasteiger partial charge in [-0.15, -0.1) is 0 Å². The molecule has 0 bridgehead atoms. The van der Waals surface area contributed by atoms with Crippen LogP contribution in [0.3, 0.4) is 0 Å². The first-order chi connectivity index (χ1) is 11.3. The van der Waals surface area contributed by atoms with E-state index in [0.717, 1.165) is 58.9 Å². The molecule has 4 rings (SSSR count). The summed E-state index contributed by atoms with van der Waals surface area (Å²) in [5, 5.41) is 6.35. The number of aromatic nitrogens is 1. The van der Waals surface area contributed by atoms with E-state index in [1.165, 1.54) is 0 Å². The largest absolute Gasteiger partial charge is 0.378 e. The van der Waals surface area contributed by atoms with Crippen LogP contribution >= 0.6 is 12.2 Å². The molecule has 2 aromatic carbocycles. The van der Waals surface area contributed by atoms with Crippen LogP contribution in [0.2, 0.25) is 0 Å². The second-order valence-electron chi connectivity index (χ2n) is 5.62. The van der Waals surface area contributed by atoms with Crippen molar-refractivity contribution in [2.75, 3.05) is 31.6 Å². The topological polar surface area (TPSA) is 37.4 Å². The number of hydrogen-bond donors (Lipinski definition) is 1. The highest BCUT2D eigenvalue weighted by Crippen LogP contribution is 2.22. The van der Waals surface area contributed by atoms with Crippen molar-refractivity contribution in [3.8, 4) is 0 Å². The van der Waals surface area contributed by atoms with Crippen molar-refractivity contribution in [3.63, 3.8) is 0 Å². The average molecular weight is 323 g/mol. The second kappa shape index (κ2) is 6.10. The predicted molar refractivity (Wildman–Crippen MR) is 97.9 cm³/mol. The highest BCUT2D eigenvalue weighted by molar-refractivity contribution is 7.80. The molecule has 1 saturated heterocycles. The molecule has 1 N–H and O–H groups in total. The molecular weight excluding hydrogens is 306 g/mol. The fraction of sp³-hybridized carbons (Fsp3) is 0.222. The van der Waals surface area contributed by atoms with Gasteiger partial charge in [0, 0.05) is 29.5 Å². The monoisotopic (exact) mass is 323 g/mol. The number of thiocarbonyl (C=S) groups is 1. The Morgan fingerprint density at radius 3 is 2.65 bits per heavy atom. The fourth-order valence-electron chi connectivity index (χ4n) is 2.82. The minimum Gasteiger partial charge on any atom is -0.378 e. The van der Waals surface area contributed by atoms with Gasteiger partial charge < -0.3 is 15.0 Å². The maximum absolute atomic E-state index is 5.49. The molecule has 0 amide bonds. The number of nitrogens with one attached hydrogen (secondary N) is 1. The van der Waals surface area contributed by atoms with E-state index >= 15 is 0 Å². The number of anilines is 1. The zero-order valence-corrected chi connectivity index (χ0v) is 13.5. The first-order valence-electron chi connectivity index (χ1n) is 7.73. The highest BCUT2D eigenvalue weighted by atomic mass is 32.1. The molecule has 0 unspecified atom stereocenters. The molecule has 1 fully saturated rings. The summed E-state index contributed by atoms with van der Waals surface area (Å²) in [4.78, 5) is 6.88. The van der Waals surface area contributed by atoms with Gasteiger partial charge in [-0.05, 0) is 36.5 Å². The van der Waals surface area contributed by atoms with Gasteiger partial charge in [0.2, 0.25) is 0 Å². The number of benzene rings is 2. The van der Waals surface area contributed by atoms with Gasteiger partial charge in [-0.3, -0.25) is 0 Å². The van der Waals surface area contributed by atoms with Crippen molar-refractivity contribution < 1.29 is 4.74 Å². The van der Waals surface area contributed by atoms with Gasteiger partial charge >= 0.3 is 0 Å². The molecule has 0 radical (unpaired) electrons. The number of fused-ring (bicyclic) bond motifs is 2. The molecule has 0 saturated carbocycles. The summed E-state index contributed by atoms with van der Waals surface area (Å²) in [6.45, 7) is 3.13. The van der Waals surface area contributed by atoms with E-state index in [1.807, 2.05) is 24.3 Å². The molecule has 23 heavy (non-hydrogen) atoms. The maximum atomic E-state index is 5.49. The molecule has 2 heterocycles. The summed E-state index contributed by atoms with van der Waals surface area (Å²) in [6.07, 6.45) is 0. The van der Waals surface area contributed by atoms with Crippen LogP contribution in [0.15, 0.2) is 48.5 Å². The zero-order valence-electron chi connectivity index (χ0n) is 12.7. The van der Waals surface area contributed by atoms with Crippen LogP contribution < -0.4 is 5.32 Å². The molecule has 0 spiro atoms. The van der Waals surface area contributed by atoms with E-state index < -0.39 is 0 Å². The van der Waals surface area contributed by atoms with Crippen LogP contribution in [-0.4, -0.2) is 41.3 Å². The van der Waals surface area contributed by atoms with Crippen molar-refractivity contribution in [3.05, 3.63) is 48.5 Å². The van der Waals surface area contributed by atoms with E-state index in [1.54, 1.807) is 0 Å². The molecule has 5 heteroatoms. The number of pyridine rings is 1. The average Bonchev–Trinajstić information content (AvgIpc) is 2.60. The summed E-state index contributed by atoms with van der Waals surface area (Å²) >= 11 is 5.49. The Hall–Kier alpha value is -2.24. The molecule has 1 aromatic heterocycles. The van der Waals surface area contributed by atoms with Gasteiger partial charge in [-0.1, -0.05) is 24.3 Å². The minimum absolute atomic E-state index is 0.729. The predicted octanol–water partition coefficient (Wildman–Crippen LogP) is 3.42. The Morgan fingerprint density at radius 1 is 1.00 bits per heavy atom. The minimum atomic E-state index is 0.729. The third-order valence-corrected chi connectivity index (χ3v) is 4.43. The van der Waals surface area contributed by atoms with Gasteiger partial charge in [-0.25, -0.2) is 4.98 Å². The van der Waals surface area contributed by atoms with Crippen LogP contribution in [0.1, 0.15) is 0 Å². The number of para-hydroxylation sites is 1. The van der Waals surface area contributed by atoms with Crippen LogP contribution in [-0.2, 0) is 4.74 Å². The molecular formula is C18H17N3OS. The molecule has 0 atom stereocenters. The van der Waals surface area contributed by atoms with Gasteiger partial charge in [0.15, 0.2) is 5.11 Å². The lowest BCUT2D eigenvalue weighted by molar-refractivity contribution is 0.0690. The Morgan fingerprint density at radius 2 is 1.78 bits per heavy atom. The van der Waals surface area contributed by atoms with Crippen molar-refractivity contribution in [2.45, 2.75) is 0 Å². The van der Waals surface area contributed by atoms with E-state index in [0.29, 0.717) is 0 Å². The Kier molecular flexibility index (Phi) is 3.81. The first-order valence-corrected chi connectivity index (χ1v) is 8.14. The number of rotatable bonds is 1. The number of hydrogen-bond acceptors (Lipinski definition) is 3. The highest BCUT2D eigenvalue weighted by Gasteiger charge is 2.13. The molecule has 4 nitrogen and oxygen atoms in total. The quantitative estimate of drug-likeness (QED) is 0.549. The van der Waals surface area contributed by atoms with E-state index in [2.05, 4.69) is 34.5 Å². The fourth-order valence-corrected chi connectivity index (χ4v) is 3.12. The first kappa shape index (κ1) is 14.4. The molecule has 116 valence electrons. The summed E-state index contributed by atoms with van der Waals surface area (Å²) in [6, 6.07) is 16.5. The van der Waals surface area contributed by atoms with Crippen molar-refractivity contribution in [1.29, 1.82) is 0 Å². The standard InChI is InChI=1S/C18H17N3OS/c23-18(21-7-9-22-10-8-21)19-15-6-5-14-11-13-3-1-2-4-16(13)20-17(14)12-15/h1-6,11-12H,7-10H2,(H,19,23). The summed E-state index contributed by atoms with van der Waals surface area (Å²) in [5.41, 5.74) is 2.95. The normalized spacial score (nSPS) is 15.0. The van der Waals surface area contributed by atoms with Crippen LogP contribution in [0.25, 0.3) is 21.8 Å². The lowest BCUT2D eigenvalue weighted by atomic mass is 10.1. The van der Waals surface area contributed by atoms with Crippen molar-refractivity contribution >= 4 is 44.8 Å². The second-order valence-corrected chi connectivity index (χ2v) is 6.00. The molecule has 0 aliphatic carbocycles. The van der Waals surface area contributed by atoms with Crippen LogP contribution in [0, 0.1) is 0 Å². The third kappa shape index (κ3) is 2.98. The molecule has 1 aliphatic rings. The zero-order chi connectivity index (χ0) is 15.6. The van der Waals surface area contributed by atoms with Crippen molar-refractivity contribution in [2.24, 2.45) is 0 Å². The Balaban J connectivity index is 1.62. The smallest absolute Gasteiger partial charge is 0.173 e. The Labute approximate surface area is 140 Å². The van der Waals surface area contributed by atoms with Crippen molar-refractivity contribution in [1.82, 2.24) is 9.88 Å². The van der Waals surface area contributed by atoms with Gasteiger partial charge in [-0.2, -0.15) is 0 Å². The van der Waals surface area contributed by atoms with E-state index in [9.17, 15) is 0 Å². The van der Waals surface area contributed by atoms with Crippen LogP contribution in [0.5, 0.6) is 0 Å². The third-order valence-electron chi connectivity index (χ3n) is 4.07. The van der Waals surface area contributed by atoms with E-state index in [-0.39, 0.29) is 0 Å². The SMILES string of the molecule is S=C(Nc1ccc2cc3ccccc3nc2c1)N1CCOCC1. The number of morpholine rings is 1. The van der Waals surface area contributed by atoms with E-state index in [4.69, 9.17) is 21.9 Å². The summed E-state index contributed by atoms with van der Waals surface area (Å²) in [5.74, 6) is 0. The molecule has 1 aliphatic heterocycles. The summed E-state index contributed by atoms with van der Waals surface area (Å²) in [7, 11) is 0.